The third-order valence-electron chi connectivity index (χ3n) is 10.7. The van der Waals surface area contributed by atoms with Crippen LogP contribution < -0.4 is 4.90 Å². The molecule has 4 aliphatic carbocycles. The van der Waals surface area contributed by atoms with Crippen molar-refractivity contribution in [3.05, 3.63) is 165 Å². The molecule has 4 fully saturated rings. The van der Waals surface area contributed by atoms with E-state index in [4.69, 9.17) is 4.99 Å². The Morgan fingerprint density at radius 1 is 0.755 bits per heavy atom. The minimum Gasteiger partial charge on any atom is -0.507 e. The van der Waals surface area contributed by atoms with Crippen molar-refractivity contribution in [3.8, 4) is 11.5 Å². The number of phenolic OH excluding ortho intramolecular Hbond substituents is 2. The average Bonchev–Trinajstić information content (AvgIpc) is 3.11. The molecule has 5 aromatic rings. The minimum atomic E-state index is 0. The van der Waals surface area contributed by atoms with E-state index < -0.39 is 0 Å². The number of aromatic hydroxyl groups is 2. The molecule has 0 aromatic heterocycles. The second-order valence-corrected chi connectivity index (χ2v) is 16.7. The molecule has 0 spiro atoms. The fourth-order valence-electron chi connectivity index (χ4n) is 8.82. The van der Waals surface area contributed by atoms with Crippen LogP contribution in [0.1, 0.15) is 71.9 Å². The SMILES string of the molecule is Cc1cc(C=Nc2ccccc2N(C)Cc2cc(Br)cc(Br)c2O)c(O)c(C23CC4CC(CC(C4)C2)C3)c1.[CH2-]c1ccccc1.[CH2-]c1ccccc1.[Zr]. The van der Waals surface area contributed by atoms with Crippen LogP contribution in [0.4, 0.5) is 11.4 Å². The first kappa shape index (κ1) is 40.9. The smallest absolute Gasteiger partial charge is 0.134 e. The first-order chi connectivity index (χ1) is 25.0. The van der Waals surface area contributed by atoms with Gasteiger partial charge in [-0.25, -0.2) is 0 Å². The Kier molecular flexibility index (Phi) is 14.2. The van der Waals surface area contributed by atoms with Gasteiger partial charge in [0.25, 0.3) is 0 Å². The van der Waals surface area contributed by atoms with E-state index in [0.29, 0.717) is 16.8 Å². The molecule has 4 saturated carbocycles. The van der Waals surface area contributed by atoms with Crippen molar-refractivity contribution in [1.82, 2.24) is 0 Å². The van der Waals surface area contributed by atoms with Gasteiger partial charge in [0.15, 0.2) is 0 Å². The molecular weight excluding hydrogens is 864 g/mol. The first-order valence-corrected chi connectivity index (χ1v) is 19.7. The number of benzene rings is 5. The summed E-state index contributed by atoms with van der Waals surface area (Å²) in [5.41, 5.74) is 7.98. The molecular formula is C46H48Br2N2O2Zr-2. The van der Waals surface area contributed by atoms with Crippen LogP contribution in [-0.2, 0) is 38.2 Å². The average molecular weight is 912 g/mol. The predicted molar refractivity (Wildman–Crippen MR) is 224 cm³/mol. The van der Waals surface area contributed by atoms with E-state index in [1.807, 2.05) is 116 Å². The fraction of sp³-hybridized carbons (Fsp3) is 0.283. The third kappa shape index (κ3) is 10.3. The number of hydrogen-bond donors (Lipinski definition) is 2. The van der Waals surface area contributed by atoms with Gasteiger partial charge in [-0.05, 0) is 120 Å². The Balaban J connectivity index is 0.000000301. The zero-order valence-corrected chi connectivity index (χ0v) is 36.2. The molecule has 7 heteroatoms. The molecule has 2 N–H and O–H groups in total. The summed E-state index contributed by atoms with van der Waals surface area (Å²) in [5.74, 6) is 3.13. The number of aryl methyl sites for hydroxylation is 1. The van der Waals surface area contributed by atoms with Crippen LogP contribution in [0.3, 0.4) is 0 Å². The fourth-order valence-corrected chi connectivity index (χ4v) is 10.1. The van der Waals surface area contributed by atoms with E-state index in [2.05, 4.69) is 63.6 Å². The number of para-hydroxylation sites is 2. The molecule has 0 radical (unpaired) electrons. The summed E-state index contributed by atoms with van der Waals surface area (Å²) in [6, 6.07) is 35.8. The Bertz CT molecular complexity index is 1930. The Morgan fingerprint density at radius 3 is 1.81 bits per heavy atom. The largest absolute Gasteiger partial charge is 0.507 e. The van der Waals surface area contributed by atoms with Gasteiger partial charge < -0.3 is 15.1 Å². The molecule has 0 amide bonds. The standard InChI is InChI=1S/C32H34Br2N2O2.2C7H7.Zr/c1-19-7-23(30(37)26(8-19)32-14-20-9-21(15-32)11-22(10-20)16-32)17-35-28-5-3-4-6-29(28)36(2)18-24-12-25(33)13-27(34)31(24)38;2*1-7-5-3-2-4-6-7;/h3-8,12-13,17,20-22,37-38H,9-11,14-16,18H2,1-2H3;2*2-6H,1H2;/q;2*-1;. The van der Waals surface area contributed by atoms with Crippen LogP contribution in [0, 0.1) is 38.5 Å². The number of phenols is 2. The molecule has 0 aliphatic heterocycles. The van der Waals surface area contributed by atoms with Crippen LogP contribution in [0.2, 0.25) is 0 Å². The van der Waals surface area contributed by atoms with Gasteiger partial charge in [-0.2, -0.15) is 49.2 Å². The number of rotatable bonds is 6. The van der Waals surface area contributed by atoms with E-state index in [1.165, 1.54) is 44.1 Å². The molecule has 5 aromatic carbocycles. The number of aliphatic imine (C=N–C) groups is 1. The molecule has 53 heavy (non-hydrogen) atoms. The normalized spacial score (nSPS) is 20.8. The first-order valence-electron chi connectivity index (χ1n) is 18.1. The van der Waals surface area contributed by atoms with E-state index in [1.54, 1.807) is 0 Å². The van der Waals surface area contributed by atoms with E-state index in [9.17, 15) is 10.2 Å². The number of halogens is 2. The molecule has 4 bridgehead atoms. The Hall–Kier alpha value is -3.25. The van der Waals surface area contributed by atoms with Crippen molar-refractivity contribution in [2.24, 2.45) is 22.7 Å². The van der Waals surface area contributed by atoms with Crippen molar-refractivity contribution in [1.29, 1.82) is 0 Å². The summed E-state index contributed by atoms with van der Waals surface area (Å²) >= 11 is 6.95. The predicted octanol–water partition coefficient (Wildman–Crippen LogP) is 12.5. The second-order valence-electron chi connectivity index (χ2n) is 14.9. The molecule has 0 heterocycles. The molecule has 0 unspecified atom stereocenters. The zero-order chi connectivity index (χ0) is 36.8. The Morgan fingerprint density at radius 2 is 1.28 bits per heavy atom. The van der Waals surface area contributed by atoms with Crippen molar-refractivity contribution < 1.29 is 36.4 Å². The number of nitrogens with zero attached hydrogens (tertiary/aromatic N) is 2. The summed E-state index contributed by atoms with van der Waals surface area (Å²) in [6.45, 7) is 10.1. The van der Waals surface area contributed by atoms with Crippen LogP contribution in [-0.4, -0.2) is 23.5 Å². The maximum absolute atomic E-state index is 11.6. The summed E-state index contributed by atoms with van der Waals surface area (Å²) in [7, 11) is 2.00. The summed E-state index contributed by atoms with van der Waals surface area (Å²) in [4.78, 5) is 6.96. The van der Waals surface area contributed by atoms with Crippen molar-refractivity contribution in [2.45, 2.75) is 57.4 Å². The van der Waals surface area contributed by atoms with Gasteiger partial charge in [0, 0.05) is 67.2 Å². The molecule has 9 rings (SSSR count). The van der Waals surface area contributed by atoms with Crippen molar-refractivity contribution in [3.63, 3.8) is 0 Å². The van der Waals surface area contributed by atoms with Crippen LogP contribution in [0.15, 0.2) is 123 Å². The van der Waals surface area contributed by atoms with Gasteiger partial charge >= 0.3 is 0 Å². The van der Waals surface area contributed by atoms with Gasteiger partial charge in [-0.15, -0.1) is 24.3 Å². The summed E-state index contributed by atoms with van der Waals surface area (Å²) in [6.07, 6.45) is 9.65. The maximum atomic E-state index is 11.6. The third-order valence-corrected chi connectivity index (χ3v) is 11.8. The van der Waals surface area contributed by atoms with Gasteiger partial charge in [0.05, 0.1) is 15.8 Å². The molecule has 0 atom stereocenters. The van der Waals surface area contributed by atoms with E-state index in [-0.39, 0.29) is 37.4 Å². The van der Waals surface area contributed by atoms with Crippen LogP contribution in [0.25, 0.3) is 0 Å². The second kappa shape index (κ2) is 18.4. The van der Waals surface area contributed by atoms with Crippen LogP contribution >= 0.6 is 31.9 Å². The van der Waals surface area contributed by atoms with E-state index in [0.717, 1.165) is 61.4 Å². The molecule has 0 saturated heterocycles. The topological polar surface area (TPSA) is 56.1 Å². The van der Waals surface area contributed by atoms with Crippen molar-refractivity contribution >= 4 is 49.4 Å². The molecule has 274 valence electrons. The monoisotopic (exact) mass is 908 g/mol. The van der Waals surface area contributed by atoms with Crippen molar-refractivity contribution in [2.75, 3.05) is 11.9 Å². The van der Waals surface area contributed by atoms with Crippen LogP contribution in [0.5, 0.6) is 11.5 Å². The minimum absolute atomic E-state index is 0. The molecule has 4 aliphatic rings. The summed E-state index contributed by atoms with van der Waals surface area (Å²) < 4.78 is 1.56. The molecule has 4 nitrogen and oxygen atoms in total. The van der Waals surface area contributed by atoms with Gasteiger partial charge in [0.2, 0.25) is 0 Å². The maximum Gasteiger partial charge on any atom is 0.134 e. The van der Waals surface area contributed by atoms with Gasteiger partial charge in [-0.3, -0.25) is 4.99 Å². The quantitative estimate of drug-likeness (QED) is 0.132. The van der Waals surface area contributed by atoms with Gasteiger partial charge in [-0.1, -0.05) is 46.3 Å². The van der Waals surface area contributed by atoms with E-state index >= 15 is 0 Å². The zero-order valence-electron chi connectivity index (χ0n) is 30.6. The number of hydrogen-bond acceptors (Lipinski definition) is 4. The Labute approximate surface area is 352 Å². The number of anilines is 1. The van der Waals surface area contributed by atoms with Gasteiger partial charge in [0.1, 0.15) is 11.5 Å². The summed E-state index contributed by atoms with van der Waals surface area (Å²) in [5, 5.41) is 22.1.